The first-order chi connectivity index (χ1) is 12.9. The number of hydrogen-bond donors (Lipinski definition) is 1. The fraction of sp³-hybridized carbons (Fsp3) is 0.353. The van der Waals surface area contributed by atoms with Crippen molar-refractivity contribution in [1.82, 2.24) is 9.21 Å². The molecule has 1 aromatic heterocycles. The van der Waals surface area contributed by atoms with Gasteiger partial charge in [0.1, 0.15) is 15.8 Å². The van der Waals surface area contributed by atoms with Gasteiger partial charge >= 0.3 is 0 Å². The van der Waals surface area contributed by atoms with Crippen molar-refractivity contribution in [1.29, 1.82) is 0 Å². The van der Waals surface area contributed by atoms with Crippen molar-refractivity contribution >= 4 is 33.0 Å². The van der Waals surface area contributed by atoms with Crippen LogP contribution in [0.1, 0.15) is 6.42 Å². The van der Waals surface area contributed by atoms with E-state index in [1.54, 1.807) is 17.5 Å². The second-order valence-electron chi connectivity index (χ2n) is 6.14. The SMILES string of the molecule is O=C(CN1CCCN(S(=O)(=O)c2cccs2)CC1)Nc1ccc(F)cc1F. The van der Waals surface area contributed by atoms with Crippen LogP contribution < -0.4 is 5.32 Å². The molecule has 0 bridgehead atoms. The molecule has 1 fully saturated rings. The number of nitrogens with zero attached hydrogens (tertiary/aromatic N) is 2. The highest BCUT2D eigenvalue weighted by atomic mass is 32.2. The van der Waals surface area contributed by atoms with Crippen LogP contribution in [-0.4, -0.2) is 56.3 Å². The molecule has 2 heterocycles. The number of amides is 1. The predicted molar refractivity (Wildman–Crippen MR) is 99.1 cm³/mol. The molecule has 146 valence electrons. The number of sulfonamides is 1. The second-order valence-corrected chi connectivity index (χ2v) is 9.25. The lowest BCUT2D eigenvalue weighted by Gasteiger charge is -2.21. The Balaban J connectivity index is 1.57. The molecular weight excluding hydrogens is 396 g/mol. The molecule has 10 heteroatoms. The fourth-order valence-electron chi connectivity index (χ4n) is 2.87. The van der Waals surface area contributed by atoms with Crippen LogP contribution >= 0.6 is 11.3 Å². The van der Waals surface area contributed by atoms with E-state index in [0.29, 0.717) is 36.3 Å². The lowest BCUT2D eigenvalue weighted by atomic mass is 10.3. The Bertz CT molecular complexity index is 904. The zero-order chi connectivity index (χ0) is 19.4. The minimum absolute atomic E-state index is 0.00368. The summed E-state index contributed by atoms with van der Waals surface area (Å²) in [6.45, 7) is 1.60. The highest BCUT2D eigenvalue weighted by Gasteiger charge is 2.28. The number of halogens is 2. The van der Waals surface area contributed by atoms with Gasteiger partial charge in [0.15, 0.2) is 0 Å². The molecule has 1 amide bonds. The Morgan fingerprint density at radius 3 is 2.67 bits per heavy atom. The molecule has 3 rings (SSSR count). The summed E-state index contributed by atoms with van der Waals surface area (Å²) < 4.78 is 53.5. The van der Waals surface area contributed by atoms with E-state index in [4.69, 9.17) is 0 Å². The quantitative estimate of drug-likeness (QED) is 0.814. The normalized spacial score (nSPS) is 16.8. The fourth-order valence-corrected chi connectivity index (χ4v) is 5.48. The molecular formula is C17H19F2N3O3S2. The van der Waals surface area contributed by atoms with Gasteiger partial charge in [-0.1, -0.05) is 6.07 Å². The summed E-state index contributed by atoms with van der Waals surface area (Å²) in [6.07, 6.45) is 0.586. The maximum absolute atomic E-state index is 13.6. The van der Waals surface area contributed by atoms with Crippen molar-refractivity contribution in [3.8, 4) is 0 Å². The molecule has 0 aliphatic carbocycles. The van der Waals surface area contributed by atoms with Gasteiger partial charge in [0.05, 0.1) is 12.2 Å². The Labute approximate surface area is 160 Å². The molecule has 1 saturated heterocycles. The smallest absolute Gasteiger partial charge is 0.252 e. The van der Waals surface area contributed by atoms with Crippen LogP contribution in [0.5, 0.6) is 0 Å². The van der Waals surface area contributed by atoms with E-state index < -0.39 is 27.6 Å². The number of anilines is 1. The van der Waals surface area contributed by atoms with E-state index in [1.807, 2.05) is 4.90 Å². The Kier molecular flexibility index (Phi) is 6.20. The highest BCUT2D eigenvalue weighted by molar-refractivity contribution is 7.91. The van der Waals surface area contributed by atoms with Crippen LogP contribution in [0.15, 0.2) is 39.9 Å². The third-order valence-electron chi connectivity index (χ3n) is 4.21. The summed E-state index contributed by atoms with van der Waals surface area (Å²) in [6, 6.07) is 6.21. The molecule has 0 unspecified atom stereocenters. The number of carbonyl (C=O) groups excluding carboxylic acids is 1. The summed E-state index contributed by atoms with van der Waals surface area (Å²) in [4.78, 5) is 14.0. The number of thiophene rings is 1. The van der Waals surface area contributed by atoms with Gasteiger partial charge in [-0.2, -0.15) is 4.31 Å². The monoisotopic (exact) mass is 415 g/mol. The predicted octanol–water partition coefficient (Wildman–Crippen LogP) is 2.36. The number of hydrogen-bond acceptors (Lipinski definition) is 5. The summed E-state index contributed by atoms with van der Waals surface area (Å²) in [5, 5.41) is 4.13. The summed E-state index contributed by atoms with van der Waals surface area (Å²) >= 11 is 1.18. The minimum Gasteiger partial charge on any atom is -0.322 e. The van der Waals surface area contributed by atoms with Gasteiger partial charge in [-0.25, -0.2) is 17.2 Å². The second kappa shape index (κ2) is 8.42. The lowest BCUT2D eigenvalue weighted by molar-refractivity contribution is -0.117. The van der Waals surface area contributed by atoms with Crippen molar-refractivity contribution < 1.29 is 22.0 Å². The molecule has 0 spiro atoms. The molecule has 1 aliphatic rings. The highest BCUT2D eigenvalue weighted by Crippen LogP contribution is 2.22. The van der Waals surface area contributed by atoms with Crippen molar-refractivity contribution in [2.24, 2.45) is 0 Å². The number of rotatable bonds is 5. The van der Waals surface area contributed by atoms with E-state index in [1.165, 1.54) is 21.7 Å². The summed E-state index contributed by atoms with van der Waals surface area (Å²) in [7, 11) is -3.51. The van der Waals surface area contributed by atoms with Crippen molar-refractivity contribution in [2.75, 3.05) is 38.0 Å². The van der Waals surface area contributed by atoms with Gasteiger partial charge in [-0.15, -0.1) is 11.3 Å². The maximum Gasteiger partial charge on any atom is 0.252 e. The van der Waals surface area contributed by atoms with Crippen molar-refractivity contribution in [3.05, 3.63) is 47.3 Å². The lowest BCUT2D eigenvalue weighted by Crippen LogP contribution is -2.37. The number of benzene rings is 1. The van der Waals surface area contributed by atoms with Gasteiger partial charge in [-0.3, -0.25) is 9.69 Å². The third-order valence-corrected chi connectivity index (χ3v) is 7.48. The van der Waals surface area contributed by atoms with E-state index in [0.717, 1.165) is 6.07 Å². The zero-order valence-electron chi connectivity index (χ0n) is 14.4. The van der Waals surface area contributed by atoms with Crippen LogP contribution in [0.3, 0.4) is 0 Å². The van der Waals surface area contributed by atoms with Crippen LogP contribution in [0.25, 0.3) is 0 Å². The van der Waals surface area contributed by atoms with Crippen LogP contribution in [-0.2, 0) is 14.8 Å². The number of nitrogens with one attached hydrogen (secondary N) is 1. The van der Waals surface area contributed by atoms with E-state index in [-0.39, 0.29) is 18.8 Å². The van der Waals surface area contributed by atoms with Crippen molar-refractivity contribution in [3.63, 3.8) is 0 Å². The van der Waals surface area contributed by atoms with E-state index in [9.17, 15) is 22.0 Å². The average molecular weight is 415 g/mol. The summed E-state index contributed by atoms with van der Waals surface area (Å²) in [5.74, 6) is -1.99. The van der Waals surface area contributed by atoms with Gasteiger partial charge in [0.2, 0.25) is 5.91 Å². The maximum atomic E-state index is 13.6. The first kappa shape index (κ1) is 19.9. The van der Waals surface area contributed by atoms with Crippen molar-refractivity contribution in [2.45, 2.75) is 10.6 Å². The van der Waals surface area contributed by atoms with E-state index >= 15 is 0 Å². The van der Waals surface area contributed by atoms with Crippen LogP contribution in [0.4, 0.5) is 14.5 Å². The Morgan fingerprint density at radius 2 is 1.96 bits per heavy atom. The molecule has 1 aliphatic heterocycles. The molecule has 1 aromatic carbocycles. The largest absolute Gasteiger partial charge is 0.322 e. The van der Waals surface area contributed by atoms with Crippen LogP contribution in [0, 0.1) is 11.6 Å². The van der Waals surface area contributed by atoms with Gasteiger partial charge in [-0.05, 0) is 36.5 Å². The zero-order valence-corrected chi connectivity index (χ0v) is 16.0. The summed E-state index contributed by atoms with van der Waals surface area (Å²) in [5.41, 5.74) is -0.0851. The third kappa shape index (κ3) is 4.89. The Hall–Kier alpha value is -1.88. The first-order valence-electron chi connectivity index (χ1n) is 8.37. The van der Waals surface area contributed by atoms with Gasteiger partial charge in [0.25, 0.3) is 10.0 Å². The molecule has 2 aromatic rings. The molecule has 1 N–H and O–H groups in total. The molecule has 27 heavy (non-hydrogen) atoms. The molecule has 0 radical (unpaired) electrons. The molecule has 6 nitrogen and oxygen atoms in total. The van der Waals surface area contributed by atoms with Gasteiger partial charge < -0.3 is 5.32 Å². The van der Waals surface area contributed by atoms with E-state index in [2.05, 4.69) is 5.32 Å². The van der Waals surface area contributed by atoms with Gasteiger partial charge in [0, 0.05) is 25.7 Å². The number of carbonyl (C=O) groups is 1. The average Bonchev–Trinajstić information content (AvgIpc) is 3.06. The molecule has 0 atom stereocenters. The minimum atomic E-state index is -3.51. The topological polar surface area (TPSA) is 69.7 Å². The molecule has 0 saturated carbocycles. The van der Waals surface area contributed by atoms with Crippen LogP contribution in [0.2, 0.25) is 0 Å². The first-order valence-corrected chi connectivity index (χ1v) is 10.7. The Morgan fingerprint density at radius 1 is 1.15 bits per heavy atom. The standard InChI is InChI=1S/C17H19F2N3O3S2/c18-13-4-5-15(14(19)11-13)20-16(23)12-21-6-2-7-22(9-8-21)27(24,25)17-3-1-10-26-17/h1,3-5,10-11H,2,6-9,12H2,(H,20,23).